The number of nitrogens with zero attached hydrogens (tertiary/aromatic N) is 2. The number of rotatable bonds is 18. The second kappa shape index (κ2) is 20.2. The van der Waals surface area contributed by atoms with Gasteiger partial charge in [-0.2, -0.15) is 0 Å². The molecule has 3 unspecified atom stereocenters. The monoisotopic (exact) mass is 768 g/mol. The smallest absolute Gasteiger partial charge is 0.329 e. The van der Waals surface area contributed by atoms with E-state index in [4.69, 9.17) is 0 Å². The first kappa shape index (κ1) is 43.0. The summed E-state index contributed by atoms with van der Waals surface area (Å²) in [5.41, 5.74) is 5.12. The molecule has 1 aliphatic rings. The molecule has 0 bridgehead atoms. The molecule has 2 heterocycles. The molecule has 56 heavy (non-hydrogen) atoms. The quantitative estimate of drug-likeness (QED) is 0.107. The third kappa shape index (κ3) is 11.9. The fourth-order valence-electron chi connectivity index (χ4n) is 6.42. The van der Waals surface area contributed by atoms with Crippen molar-refractivity contribution in [3.8, 4) is 0 Å². The Labute approximate surface area is 329 Å². The van der Waals surface area contributed by atoms with Crippen LogP contribution in [0.3, 0.4) is 0 Å². The Morgan fingerprint density at radius 2 is 1.57 bits per heavy atom. The first-order valence-electron chi connectivity index (χ1n) is 19.2. The van der Waals surface area contributed by atoms with Crippen LogP contribution in [0.1, 0.15) is 68.6 Å². The topological polar surface area (TPSA) is 185 Å². The SMILES string of the molecule is CCNCC(=O)NC(CC(C)C)C(=O)NC(Cc1ccccc1)C(=O)NCC(=O)N(C)CCC(C)NC(=O)N1C(=O)/C(=C\c2[nH]c(C)cc2C)c2ccccc21. The van der Waals surface area contributed by atoms with Crippen LogP contribution in [-0.2, 0) is 30.4 Å². The van der Waals surface area contributed by atoms with Crippen molar-refractivity contribution < 1.29 is 28.8 Å². The minimum absolute atomic E-state index is 0.0623. The predicted octanol–water partition coefficient (Wildman–Crippen LogP) is 3.45. The van der Waals surface area contributed by atoms with Gasteiger partial charge in [-0.25, -0.2) is 9.69 Å². The second-order valence-corrected chi connectivity index (χ2v) is 14.7. The Hall–Kier alpha value is -5.76. The van der Waals surface area contributed by atoms with Gasteiger partial charge in [0.15, 0.2) is 0 Å². The zero-order valence-electron chi connectivity index (χ0n) is 33.5. The van der Waals surface area contributed by atoms with Gasteiger partial charge in [-0.1, -0.05) is 69.3 Å². The van der Waals surface area contributed by atoms with Crippen LogP contribution in [-0.4, -0.2) is 96.8 Å². The molecule has 6 N–H and O–H groups in total. The van der Waals surface area contributed by atoms with Gasteiger partial charge in [0.05, 0.1) is 24.4 Å². The summed E-state index contributed by atoms with van der Waals surface area (Å²) in [5, 5.41) is 14.1. The van der Waals surface area contributed by atoms with Crippen LogP contribution in [0.5, 0.6) is 0 Å². The van der Waals surface area contributed by atoms with Gasteiger partial charge in [0, 0.05) is 43.0 Å². The number of amides is 7. The fourth-order valence-corrected chi connectivity index (χ4v) is 6.42. The lowest BCUT2D eigenvalue weighted by Gasteiger charge is -2.25. The van der Waals surface area contributed by atoms with Crippen LogP contribution in [0.4, 0.5) is 10.5 Å². The number of fused-ring (bicyclic) bond motifs is 1. The second-order valence-electron chi connectivity index (χ2n) is 14.7. The zero-order valence-corrected chi connectivity index (χ0v) is 33.5. The van der Waals surface area contributed by atoms with E-state index in [1.165, 1.54) is 4.90 Å². The zero-order chi connectivity index (χ0) is 40.9. The minimum atomic E-state index is -1.01. The molecule has 14 nitrogen and oxygen atoms in total. The molecule has 0 radical (unpaired) electrons. The van der Waals surface area contributed by atoms with E-state index in [1.807, 2.05) is 83.1 Å². The number of anilines is 1. The summed E-state index contributed by atoms with van der Waals surface area (Å²) in [4.78, 5) is 85.6. The third-order valence-corrected chi connectivity index (χ3v) is 9.47. The maximum Gasteiger partial charge on any atom is 0.329 e. The fraction of sp³-hybridized carbons (Fsp3) is 0.429. The summed E-state index contributed by atoms with van der Waals surface area (Å²) in [7, 11) is 1.60. The Kier molecular flexibility index (Phi) is 15.5. The van der Waals surface area contributed by atoms with E-state index in [0.717, 1.165) is 27.4 Å². The van der Waals surface area contributed by atoms with Crippen LogP contribution < -0.4 is 31.5 Å². The molecule has 1 aliphatic heterocycles. The number of aromatic nitrogens is 1. The highest BCUT2D eigenvalue weighted by atomic mass is 16.2. The molecule has 0 saturated heterocycles. The average molecular weight is 769 g/mol. The van der Waals surface area contributed by atoms with Gasteiger partial charge in [-0.05, 0) is 75.4 Å². The van der Waals surface area contributed by atoms with Gasteiger partial charge in [0.25, 0.3) is 5.91 Å². The van der Waals surface area contributed by atoms with E-state index in [0.29, 0.717) is 36.2 Å². The molecule has 0 saturated carbocycles. The number of hydrogen-bond donors (Lipinski definition) is 6. The number of urea groups is 1. The van der Waals surface area contributed by atoms with E-state index in [9.17, 15) is 28.8 Å². The molecule has 0 aliphatic carbocycles. The summed E-state index contributed by atoms with van der Waals surface area (Å²) in [6, 6.07) is 15.5. The van der Waals surface area contributed by atoms with E-state index in [1.54, 1.807) is 32.2 Å². The summed E-state index contributed by atoms with van der Waals surface area (Å²) in [5.74, 6) is -2.07. The molecule has 4 rings (SSSR count). The third-order valence-electron chi connectivity index (χ3n) is 9.47. The normalized spacial score (nSPS) is 14.5. The Morgan fingerprint density at radius 1 is 0.875 bits per heavy atom. The van der Waals surface area contributed by atoms with Crippen molar-refractivity contribution in [2.45, 2.75) is 78.9 Å². The van der Waals surface area contributed by atoms with E-state index in [2.05, 4.69) is 31.6 Å². The number of nitrogens with one attached hydrogen (secondary N) is 6. The molecule has 0 fully saturated rings. The number of imide groups is 1. The van der Waals surface area contributed by atoms with Gasteiger partial charge >= 0.3 is 6.03 Å². The number of likely N-dealkylation sites (N-methyl/N-ethyl adjacent to an activating group) is 2. The molecular weight excluding hydrogens is 713 g/mol. The molecule has 0 spiro atoms. The first-order valence-corrected chi connectivity index (χ1v) is 19.2. The lowest BCUT2D eigenvalue weighted by Crippen LogP contribution is -2.56. The average Bonchev–Trinajstić information content (AvgIpc) is 3.64. The molecule has 3 atom stereocenters. The largest absolute Gasteiger partial charge is 0.359 e. The minimum Gasteiger partial charge on any atom is -0.359 e. The molecule has 2 aromatic carbocycles. The summed E-state index contributed by atoms with van der Waals surface area (Å²) >= 11 is 0. The van der Waals surface area contributed by atoms with Crippen molar-refractivity contribution in [3.05, 3.63) is 88.7 Å². The first-order chi connectivity index (χ1) is 26.7. The van der Waals surface area contributed by atoms with Gasteiger partial charge < -0.3 is 36.5 Å². The van der Waals surface area contributed by atoms with Crippen LogP contribution >= 0.6 is 0 Å². The Bertz CT molecular complexity index is 1910. The predicted molar refractivity (Wildman–Crippen MR) is 217 cm³/mol. The lowest BCUT2D eigenvalue weighted by atomic mass is 10.0. The van der Waals surface area contributed by atoms with E-state index in [-0.39, 0.29) is 43.8 Å². The van der Waals surface area contributed by atoms with Crippen molar-refractivity contribution in [1.82, 2.24) is 36.5 Å². The number of benzene rings is 2. The molecule has 14 heteroatoms. The summed E-state index contributed by atoms with van der Waals surface area (Å²) in [6.45, 7) is 12.0. The highest BCUT2D eigenvalue weighted by Gasteiger charge is 2.37. The molecule has 300 valence electrons. The summed E-state index contributed by atoms with van der Waals surface area (Å²) < 4.78 is 0. The molecule has 7 amide bonds. The van der Waals surface area contributed by atoms with Crippen LogP contribution in [0, 0.1) is 19.8 Å². The number of para-hydroxylation sites is 1. The van der Waals surface area contributed by atoms with E-state index >= 15 is 0 Å². The highest BCUT2D eigenvalue weighted by molar-refractivity contribution is 6.42. The summed E-state index contributed by atoms with van der Waals surface area (Å²) in [6.07, 6.45) is 2.69. The number of aromatic amines is 1. The van der Waals surface area contributed by atoms with Crippen molar-refractivity contribution >= 4 is 52.9 Å². The Balaban J connectivity index is 1.33. The number of carbonyl (C=O) groups excluding carboxylic acids is 6. The van der Waals surface area contributed by atoms with Crippen molar-refractivity contribution in [2.24, 2.45) is 5.92 Å². The van der Waals surface area contributed by atoms with Crippen molar-refractivity contribution in [1.29, 1.82) is 0 Å². The van der Waals surface area contributed by atoms with Gasteiger partial charge in [0.2, 0.25) is 23.6 Å². The number of H-pyrrole nitrogens is 1. The van der Waals surface area contributed by atoms with E-state index < -0.39 is 41.9 Å². The van der Waals surface area contributed by atoms with Crippen molar-refractivity contribution in [2.75, 3.05) is 38.1 Å². The Morgan fingerprint density at radius 3 is 2.23 bits per heavy atom. The van der Waals surface area contributed by atoms with Gasteiger partial charge in [0.1, 0.15) is 12.1 Å². The van der Waals surface area contributed by atoms with Crippen LogP contribution in [0.15, 0.2) is 60.7 Å². The van der Waals surface area contributed by atoms with Gasteiger partial charge in [-0.15, -0.1) is 0 Å². The number of aryl methyl sites for hydroxylation is 2. The van der Waals surface area contributed by atoms with Crippen LogP contribution in [0.25, 0.3) is 11.6 Å². The highest BCUT2D eigenvalue weighted by Crippen LogP contribution is 2.38. The molecule has 3 aromatic rings. The molecule has 1 aromatic heterocycles. The van der Waals surface area contributed by atoms with Crippen LogP contribution in [0.2, 0.25) is 0 Å². The maximum atomic E-state index is 13.6. The standard InChI is InChI=1S/C42H56N8O6/c1-8-43-24-37(51)47-34(20-26(2)3)40(54)48-35(22-30-14-10-9-11-15-30)39(53)44-25-38(52)49(7)19-18-28(5)46-42(56)50-36-17-13-12-16-31(36)32(41(50)55)23-33-27(4)21-29(6)45-33/h9-17,21,23,26,28,34-35,43,45H,8,18-20,22,24-25H2,1-7H3,(H,44,53)(H,46,56)(H,47,51)(H,48,54)/b32-23-. The van der Waals surface area contributed by atoms with Gasteiger partial charge in [-0.3, -0.25) is 24.0 Å². The maximum absolute atomic E-state index is 13.6. The number of hydrogen-bond acceptors (Lipinski definition) is 7. The number of carbonyl (C=O) groups is 6. The van der Waals surface area contributed by atoms with Crippen molar-refractivity contribution in [3.63, 3.8) is 0 Å². The lowest BCUT2D eigenvalue weighted by molar-refractivity contribution is -0.134. The molecular formula is C42H56N8O6.